The topological polar surface area (TPSA) is 133 Å². The van der Waals surface area contributed by atoms with E-state index in [9.17, 15) is 14.9 Å². The quantitative estimate of drug-likeness (QED) is 0.306. The van der Waals surface area contributed by atoms with E-state index in [4.69, 9.17) is 22.1 Å². The number of amides is 1. The number of nitrogens with one attached hydrogen (secondary N) is 1. The molecule has 0 bridgehead atoms. The van der Waals surface area contributed by atoms with E-state index in [1.807, 2.05) is 0 Å². The molecule has 1 aromatic heterocycles. The lowest BCUT2D eigenvalue weighted by Crippen LogP contribution is -2.35. The number of carbonyl (C=O) groups is 1. The van der Waals surface area contributed by atoms with Crippen LogP contribution in [0.2, 0.25) is 5.15 Å². The highest BCUT2D eigenvalue weighted by Gasteiger charge is 2.23. The van der Waals surface area contributed by atoms with E-state index in [1.165, 1.54) is 18.2 Å². The average molecular weight is 420 g/mol. The van der Waals surface area contributed by atoms with Crippen molar-refractivity contribution in [3.8, 4) is 11.3 Å². The third-order valence-electron chi connectivity index (χ3n) is 3.77. The number of carbonyl (C=O) groups excluding carboxylic acids is 1. The molecule has 10 heteroatoms. The Morgan fingerprint density at radius 2 is 2.10 bits per heavy atom. The molecule has 0 aliphatic heterocycles. The van der Waals surface area contributed by atoms with E-state index in [2.05, 4.69) is 22.1 Å². The minimum Gasteiger partial charge on any atom is -0.444 e. The zero-order chi connectivity index (χ0) is 21.8. The molecule has 0 saturated carbocycles. The smallest absolute Gasteiger partial charge is 0.408 e. The molecule has 29 heavy (non-hydrogen) atoms. The van der Waals surface area contributed by atoms with Crippen molar-refractivity contribution in [2.45, 2.75) is 38.8 Å². The summed E-state index contributed by atoms with van der Waals surface area (Å²) in [5, 5.41) is 21.7. The van der Waals surface area contributed by atoms with Crippen LogP contribution in [0, 0.1) is 10.1 Å². The lowest BCUT2D eigenvalue weighted by atomic mass is 10.0. The third kappa shape index (κ3) is 5.89. The number of rotatable bonds is 6. The number of halogens is 1. The van der Waals surface area contributed by atoms with Gasteiger partial charge in [0.2, 0.25) is 0 Å². The lowest BCUT2D eigenvalue weighted by molar-refractivity contribution is -0.384. The van der Waals surface area contributed by atoms with Crippen LogP contribution in [0.1, 0.15) is 38.8 Å². The standard InChI is InChI=1S/C19H22ClN5O4/c1-5-6-15(22-18(26)29-19(2,3)4)13-10-16(23-24-17(13)20)12-8-7-11(25(27)28)9-14(12)21/h5,7-10,15H,1,6,21H2,2-4H3,(H,22,26). The van der Waals surface area contributed by atoms with Crippen LogP contribution in [0.15, 0.2) is 36.9 Å². The van der Waals surface area contributed by atoms with Gasteiger partial charge in [-0.3, -0.25) is 10.1 Å². The Kier molecular flexibility index (Phi) is 6.76. The maximum Gasteiger partial charge on any atom is 0.408 e. The van der Waals surface area contributed by atoms with Gasteiger partial charge in [0.05, 0.1) is 16.7 Å². The molecule has 0 saturated heterocycles. The molecule has 2 rings (SSSR count). The van der Waals surface area contributed by atoms with E-state index in [-0.39, 0.29) is 16.5 Å². The molecule has 0 aliphatic carbocycles. The van der Waals surface area contributed by atoms with Gasteiger partial charge >= 0.3 is 6.09 Å². The Morgan fingerprint density at radius 1 is 1.41 bits per heavy atom. The maximum absolute atomic E-state index is 12.2. The Morgan fingerprint density at radius 3 is 2.66 bits per heavy atom. The summed E-state index contributed by atoms with van der Waals surface area (Å²) >= 11 is 6.22. The molecule has 3 N–H and O–H groups in total. The Bertz CT molecular complexity index is 943. The monoisotopic (exact) mass is 419 g/mol. The van der Waals surface area contributed by atoms with Crippen molar-refractivity contribution >= 4 is 29.1 Å². The highest BCUT2D eigenvalue weighted by Crippen LogP contribution is 2.32. The third-order valence-corrected chi connectivity index (χ3v) is 4.06. The van der Waals surface area contributed by atoms with Gasteiger partial charge in [0, 0.05) is 28.9 Å². The van der Waals surface area contributed by atoms with Crippen molar-refractivity contribution < 1.29 is 14.5 Å². The summed E-state index contributed by atoms with van der Waals surface area (Å²) in [6.07, 6.45) is 1.37. The van der Waals surface area contributed by atoms with Gasteiger partial charge in [-0.25, -0.2) is 4.79 Å². The molecule has 0 aliphatic rings. The van der Waals surface area contributed by atoms with Crippen LogP contribution in [0.25, 0.3) is 11.3 Å². The van der Waals surface area contributed by atoms with Crippen LogP contribution >= 0.6 is 11.6 Å². The van der Waals surface area contributed by atoms with Gasteiger partial charge in [0.15, 0.2) is 5.15 Å². The second kappa shape index (κ2) is 8.87. The number of nitro groups is 1. The first-order chi connectivity index (χ1) is 13.5. The molecule has 9 nitrogen and oxygen atoms in total. The molecular formula is C19H22ClN5O4. The molecule has 1 unspecified atom stereocenters. The van der Waals surface area contributed by atoms with Gasteiger partial charge in [0.1, 0.15) is 5.60 Å². The minimum absolute atomic E-state index is 0.0946. The van der Waals surface area contributed by atoms with Crippen LogP contribution in [0.4, 0.5) is 16.2 Å². The van der Waals surface area contributed by atoms with Crippen LogP contribution in [0.3, 0.4) is 0 Å². The summed E-state index contributed by atoms with van der Waals surface area (Å²) in [4.78, 5) is 22.6. The Labute approximate surface area is 173 Å². The molecule has 154 valence electrons. The SMILES string of the molecule is C=CCC(NC(=O)OC(C)(C)C)c1cc(-c2ccc([N+](=O)[O-])cc2N)nnc1Cl. The molecule has 2 aromatic rings. The molecule has 0 fully saturated rings. The van der Waals surface area contributed by atoms with E-state index in [1.54, 1.807) is 32.9 Å². The number of nitro benzene ring substituents is 1. The summed E-state index contributed by atoms with van der Waals surface area (Å²) < 4.78 is 5.30. The summed E-state index contributed by atoms with van der Waals surface area (Å²) in [6, 6.07) is 5.10. The molecule has 1 aromatic carbocycles. The van der Waals surface area contributed by atoms with Gasteiger partial charge in [0.25, 0.3) is 5.69 Å². The van der Waals surface area contributed by atoms with Gasteiger partial charge in [-0.15, -0.1) is 16.8 Å². The van der Waals surface area contributed by atoms with Gasteiger partial charge in [-0.1, -0.05) is 17.7 Å². The van der Waals surface area contributed by atoms with E-state index in [0.29, 0.717) is 23.2 Å². The number of hydrogen-bond acceptors (Lipinski definition) is 7. The van der Waals surface area contributed by atoms with Crippen molar-refractivity contribution in [3.63, 3.8) is 0 Å². The van der Waals surface area contributed by atoms with E-state index >= 15 is 0 Å². The van der Waals surface area contributed by atoms with Gasteiger partial charge in [-0.2, -0.15) is 0 Å². The molecular weight excluding hydrogens is 398 g/mol. The second-order valence-corrected chi connectivity index (χ2v) is 7.59. The molecule has 0 radical (unpaired) electrons. The minimum atomic E-state index is -0.665. The van der Waals surface area contributed by atoms with E-state index in [0.717, 1.165) is 0 Å². The van der Waals surface area contributed by atoms with Crippen LogP contribution in [-0.2, 0) is 4.74 Å². The maximum atomic E-state index is 12.2. The Hall–Kier alpha value is -3.20. The van der Waals surface area contributed by atoms with Gasteiger partial charge < -0.3 is 15.8 Å². The van der Waals surface area contributed by atoms with Crippen LogP contribution < -0.4 is 11.1 Å². The number of nitrogen functional groups attached to an aromatic ring is 1. The van der Waals surface area contributed by atoms with Gasteiger partial charge in [-0.05, 0) is 39.3 Å². The number of nitrogens with two attached hydrogens (primary N) is 1. The lowest BCUT2D eigenvalue weighted by Gasteiger charge is -2.23. The number of non-ortho nitro benzene ring substituents is 1. The van der Waals surface area contributed by atoms with Crippen molar-refractivity contribution in [2.24, 2.45) is 0 Å². The van der Waals surface area contributed by atoms with Crippen LogP contribution in [-0.4, -0.2) is 26.8 Å². The number of hydrogen-bond donors (Lipinski definition) is 2. The van der Waals surface area contributed by atoms with E-state index < -0.39 is 22.7 Å². The molecule has 1 amide bonds. The molecule has 1 heterocycles. The molecule has 1 atom stereocenters. The highest BCUT2D eigenvalue weighted by atomic mass is 35.5. The zero-order valence-electron chi connectivity index (χ0n) is 16.3. The molecule has 0 spiro atoms. The Balaban J connectivity index is 2.40. The number of alkyl carbamates (subject to hydrolysis) is 1. The largest absolute Gasteiger partial charge is 0.444 e. The first-order valence-electron chi connectivity index (χ1n) is 8.69. The number of nitrogens with zero attached hydrogens (tertiary/aromatic N) is 3. The first-order valence-corrected chi connectivity index (χ1v) is 9.07. The number of ether oxygens (including phenoxy) is 1. The zero-order valence-corrected chi connectivity index (χ0v) is 17.1. The predicted molar refractivity (Wildman–Crippen MR) is 110 cm³/mol. The average Bonchev–Trinajstić information content (AvgIpc) is 2.60. The first kappa shape index (κ1) is 22.1. The normalized spacial score (nSPS) is 12.1. The fourth-order valence-corrected chi connectivity index (χ4v) is 2.77. The summed E-state index contributed by atoms with van der Waals surface area (Å²) in [7, 11) is 0. The predicted octanol–water partition coefficient (Wildman–Crippen LogP) is 4.43. The fraction of sp³-hybridized carbons (Fsp3) is 0.316. The number of anilines is 1. The summed E-state index contributed by atoms with van der Waals surface area (Å²) in [5.74, 6) is 0. The van der Waals surface area contributed by atoms with Crippen LogP contribution in [0.5, 0.6) is 0 Å². The number of aromatic nitrogens is 2. The van der Waals surface area contributed by atoms with Crippen molar-refractivity contribution in [2.75, 3.05) is 5.73 Å². The summed E-state index contributed by atoms with van der Waals surface area (Å²) in [5.41, 5.74) is 6.62. The second-order valence-electron chi connectivity index (χ2n) is 7.23. The van der Waals surface area contributed by atoms with Crippen molar-refractivity contribution in [1.82, 2.24) is 15.5 Å². The number of benzene rings is 1. The van der Waals surface area contributed by atoms with Crippen molar-refractivity contribution in [3.05, 3.63) is 57.8 Å². The highest BCUT2D eigenvalue weighted by molar-refractivity contribution is 6.30. The summed E-state index contributed by atoms with van der Waals surface area (Å²) in [6.45, 7) is 8.97. The van der Waals surface area contributed by atoms with Crippen molar-refractivity contribution in [1.29, 1.82) is 0 Å². The fourth-order valence-electron chi connectivity index (χ4n) is 2.54.